The predicted molar refractivity (Wildman–Crippen MR) is 59.9 cm³/mol. The number of anilines is 1. The molecule has 6 heteroatoms. The minimum Gasteiger partial charge on any atom is -0.398 e. The highest BCUT2D eigenvalue weighted by molar-refractivity contribution is 7.89. The number of nitrogen functional groups attached to an aromatic ring is 1. The van der Waals surface area contributed by atoms with Gasteiger partial charge in [-0.3, -0.25) is 4.84 Å². The van der Waals surface area contributed by atoms with Gasteiger partial charge in [-0.1, -0.05) is 16.6 Å². The van der Waals surface area contributed by atoms with Crippen molar-refractivity contribution in [3.63, 3.8) is 0 Å². The van der Waals surface area contributed by atoms with E-state index in [4.69, 9.17) is 10.6 Å². The molecule has 5 nitrogen and oxygen atoms in total. The topological polar surface area (TPSA) is 72.6 Å². The van der Waals surface area contributed by atoms with E-state index in [0.717, 1.165) is 17.3 Å². The molecule has 88 valence electrons. The van der Waals surface area contributed by atoms with Gasteiger partial charge in [0.25, 0.3) is 10.0 Å². The zero-order valence-corrected chi connectivity index (χ0v) is 9.61. The third kappa shape index (κ3) is 2.04. The Morgan fingerprint density at radius 2 is 2.00 bits per heavy atom. The zero-order chi connectivity index (χ0) is 11.6. The van der Waals surface area contributed by atoms with Crippen molar-refractivity contribution < 1.29 is 13.3 Å². The summed E-state index contributed by atoms with van der Waals surface area (Å²) in [6.45, 7) is 0.822. The molecular formula is C10H14N2O3S. The Morgan fingerprint density at radius 1 is 1.25 bits per heavy atom. The number of benzene rings is 1. The summed E-state index contributed by atoms with van der Waals surface area (Å²) in [5, 5.41) is 0. The van der Waals surface area contributed by atoms with E-state index in [1.807, 2.05) is 0 Å². The van der Waals surface area contributed by atoms with Crippen LogP contribution >= 0.6 is 0 Å². The van der Waals surface area contributed by atoms with Crippen LogP contribution < -0.4 is 5.73 Å². The monoisotopic (exact) mass is 242 g/mol. The van der Waals surface area contributed by atoms with Gasteiger partial charge in [0.1, 0.15) is 4.90 Å². The van der Waals surface area contributed by atoms with Crippen molar-refractivity contribution in [2.75, 3.05) is 18.9 Å². The van der Waals surface area contributed by atoms with Crippen LogP contribution in [0.25, 0.3) is 0 Å². The summed E-state index contributed by atoms with van der Waals surface area (Å²) < 4.78 is 25.3. The molecular weight excluding hydrogens is 228 g/mol. The fraction of sp³-hybridized carbons (Fsp3) is 0.400. The van der Waals surface area contributed by atoms with Crippen LogP contribution in [0.3, 0.4) is 0 Å². The van der Waals surface area contributed by atoms with Crippen LogP contribution in [-0.2, 0) is 14.9 Å². The maximum atomic E-state index is 12.1. The van der Waals surface area contributed by atoms with Gasteiger partial charge in [0.05, 0.1) is 12.3 Å². The van der Waals surface area contributed by atoms with Gasteiger partial charge >= 0.3 is 0 Å². The lowest BCUT2D eigenvalue weighted by Crippen LogP contribution is -2.36. The second kappa shape index (κ2) is 4.40. The summed E-state index contributed by atoms with van der Waals surface area (Å²) in [5.41, 5.74) is 5.90. The summed E-state index contributed by atoms with van der Waals surface area (Å²) >= 11 is 0. The van der Waals surface area contributed by atoms with E-state index >= 15 is 0 Å². The highest BCUT2D eigenvalue weighted by Crippen LogP contribution is 2.23. The molecule has 2 N–H and O–H groups in total. The summed E-state index contributed by atoms with van der Waals surface area (Å²) in [5.74, 6) is 0. The molecule has 2 rings (SSSR count). The Morgan fingerprint density at radius 3 is 2.62 bits per heavy atom. The summed E-state index contributed by atoms with van der Waals surface area (Å²) in [6, 6.07) is 6.40. The summed E-state index contributed by atoms with van der Waals surface area (Å²) in [4.78, 5) is 5.25. The highest BCUT2D eigenvalue weighted by atomic mass is 32.2. The molecule has 0 unspecified atom stereocenters. The molecule has 0 bridgehead atoms. The Kier molecular flexibility index (Phi) is 3.13. The van der Waals surface area contributed by atoms with Gasteiger partial charge < -0.3 is 5.73 Å². The first-order chi connectivity index (χ1) is 7.62. The van der Waals surface area contributed by atoms with Crippen molar-refractivity contribution in [3.05, 3.63) is 24.3 Å². The molecule has 0 radical (unpaired) electrons. The maximum absolute atomic E-state index is 12.1. The van der Waals surface area contributed by atoms with E-state index in [-0.39, 0.29) is 10.6 Å². The molecule has 0 atom stereocenters. The SMILES string of the molecule is Nc1ccccc1S(=O)(=O)N1CCCCO1. The smallest absolute Gasteiger partial charge is 0.267 e. The van der Waals surface area contributed by atoms with E-state index in [2.05, 4.69) is 0 Å². The van der Waals surface area contributed by atoms with E-state index in [1.165, 1.54) is 6.07 Å². The number of nitrogens with two attached hydrogens (primary N) is 1. The van der Waals surface area contributed by atoms with Crippen molar-refractivity contribution in [2.24, 2.45) is 0 Å². The van der Waals surface area contributed by atoms with Crippen molar-refractivity contribution >= 4 is 15.7 Å². The van der Waals surface area contributed by atoms with E-state index < -0.39 is 10.0 Å². The van der Waals surface area contributed by atoms with Crippen molar-refractivity contribution in [2.45, 2.75) is 17.7 Å². The average Bonchev–Trinajstić information content (AvgIpc) is 2.30. The predicted octanol–water partition coefficient (Wildman–Crippen LogP) is 0.985. The van der Waals surface area contributed by atoms with Gasteiger partial charge in [-0.2, -0.15) is 0 Å². The molecule has 1 aliphatic rings. The van der Waals surface area contributed by atoms with Gasteiger partial charge in [0.2, 0.25) is 0 Å². The van der Waals surface area contributed by atoms with Crippen LogP contribution in [0.4, 0.5) is 5.69 Å². The average molecular weight is 242 g/mol. The fourth-order valence-corrected chi connectivity index (χ4v) is 3.01. The second-order valence-electron chi connectivity index (χ2n) is 3.61. The number of sulfonamides is 1. The van der Waals surface area contributed by atoms with Gasteiger partial charge in [-0.05, 0) is 25.0 Å². The molecule has 1 aliphatic heterocycles. The Balaban J connectivity index is 2.35. The van der Waals surface area contributed by atoms with Crippen LogP contribution in [0.1, 0.15) is 12.8 Å². The number of para-hydroxylation sites is 1. The van der Waals surface area contributed by atoms with Crippen molar-refractivity contribution in [3.8, 4) is 0 Å². The van der Waals surface area contributed by atoms with E-state index in [0.29, 0.717) is 13.2 Å². The van der Waals surface area contributed by atoms with Crippen molar-refractivity contribution in [1.29, 1.82) is 0 Å². The molecule has 0 amide bonds. The second-order valence-corrected chi connectivity index (χ2v) is 5.41. The lowest BCUT2D eigenvalue weighted by Gasteiger charge is -2.25. The third-order valence-electron chi connectivity index (χ3n) is 2.44. The van der Waals surface area contributed by atoms with Crippen LogP contribution in [0, 0.1) is 0 Å². The van der Waals surface area contributed by atoms with Crippen LogP contribution in [-0.4, -0.2) is 26.0 Å². The van der Waals surface area contributed by atoms with Crippen molar-refractivity contribution in [1.82, 2.24) is 4.47 Å². The summed E-state index contributed by atoms with van der Waals surface area (Å²) in [7, 11) is -3.61. The molecule has 0 aliphatic carbocycles. The molecule has 0 aromatic heterocycles. The van der Waals surface area contributed by atoms with E-state index in [1.54, 1.807) is 18.2 Å². The van der Waals surface area contributed by atoms with Crippen LogP contribution in [0.5, 0.6) is 0 Å². The number of hydrogen-bond acceptors (Lipinski definition) is 4. The Hall–Kier alpha value is -1.11. The molecule has 1 saturated heterocycles. The number of hydroxylamine groups is 1. The highest BCUT2D eigenvalue weighted by Gasteiger charge is 2.28. The normalized spacial score (nSPS) is 18.5. The third-order valence-corrected chi connectivity index (χ3v) is 4.19. The number of nitrogens with zero attached hydrogens (tertiary/aromatic N) is 1. The molecule has 0 saturated carbocycles. The number of rotatable bonds is 2. The molecule has 1 heterocycles. The Bertz CT molecular complexity index is 467. The van der Waals surface area contributed by atoms with Crippen LogP contribution in [0.15, 0.2) is 29.2 Å². The minimum atomic E-state index is -3.61. The maximum Gasteiger partial charge on any atom is 0.267 e. The molecule has 16 heavy (non-hydrogen) atoms. The first-order valence-electron chi connectivity index (χ1n) is 5.12. The molecule has 1 fully saturated rings. The number of hydrogen-bond donors (Lipinski definition) is 1. The zero-order valence-electron chi connectivity index (χ0n) is 8.80. The minimum absolute atomic E-state index is 0.108. The first kappa shape index (κ1) is 11.4. The largest absolute Gasteiger partial charge is 0.398 e. The molecule has 1 aromatic carbocycles. The fourth-order valence-electron chi connectivity index (χ4n) is 1.59. The summed E-state index contributed by atoms with van der Waals surface area (Å²) in [6.07, 6.45) is 1.70. The van der Waals surface area contributed by atoms with E-state index in [9.17, 15) is 8.42 Å². The molecule has 1 aromatic rings. The van der Waals surface area contributed by atoms with Gasteiger partial charge in [-0.25, -0.2) is 8.42 Å². The molecule has 0 spiro atoms. The quantitative estimate of drug-likeness (QED) is 0.785. The Labute approximate surface area is 94.8 Å². The first-order valence-corrected chi connectivity index (χ1v) is 6.56. The van der Waals surface area contributed by atoms with Crippen LogP contribution in [0.2, 0.25) is 0 Å². The lowest BCUT2D eigenvalue weighted by atomic mass is 10.3. The van der Waals surface area contributed by atoms with Gasteiger partial charge in [0.15, 0.2) is 0 Å². The lowest BCUT2D eigenvalue weighted by molar-refractivity contribution is -0.108. The van der Waals surface area contributed by atoms with Gasteiger partial charge in [0, 0.05) is 6.54 Å². The van der Waals surface area contributed by atoms with Gasteiger partial charge in [-0.15, -0.1) is 0 Å². The standard InChI is InChI=1S/C10H14N2O3S/c11-9-5-1-2-6-10(9)16(13,14)12-7-3-4-8-15-12/h1-2,5-6H,3-4,7-8,11H2.